The zero-order valence-electron chi connectivity index (χ0n) is 13.0. The van der Waals surface area contributed by atoms with Gasteiger partial charge in [-0.3, -0.25) is 5.41 Å². The standard InChI is InChI=1S/C15H12F3N7O/c16-15(17,18)8-1-3-9(4-2-8)25-6-5-10(24-25)22-11-7-21-12(13(19)20)14(26)23-11/h1-7H,(H3,19,20)(H2,22,23,24,26). The Hall–Kier alpha value is -3.63. The third-order valence-corrected chi connectivity index (χ3v) is 3.31. The SMILES string of the molecule is N=C(N)c1ncc(Nc2ccn(-c3ccc(C(F)(F)F)cc3)n2)nc1O. The van der Waals surface area contributed by atoms with Crippen LogP contribution in [0.25, 0.3) is 5.69 Å². The molecule has 3 rings (SSSR count). The van der Waals surface area contributed by atoms with Gasteiger partial charge in [0.15, 0.2) is 17.3 Å². The van der Waals surface area contributed by atoms with Crippen molar-refractivity contribution in [1.82, 2.24) is 19.7 Å². The van der Waals surface area contributed by atoms with E-state index in [0.717, 1.165) is 12.1 Å². The van der Waals surface area contributed by atoms with Crippen molar-refractivity contribution in [1.29, 1.82) is 5.41 Å². The number of benzene rings is 1. The van der Waals surface area contributed by atoms with Crippen LogP contribution in [0.15, 0.2) is 42.7 Å². The molecule has 3 aromatic rings. The molecule has 0 saturated carbocycles. The highest BCUT2D eigenvalue weighted by molar-refractivity contribution is 5.95. The third kappa shape index (κ3) is 3.55. The van der Waals surface area contributed by atoms with E-state index in [0.29, 0.717) is 11.5 Å². The van der Waals surface area contributed by atoms with E-state index in [2.05, 4.69) is 20.4 Å². The number of halogens is 3. The molecule has 0 spiro atoms. The van der Waals surface area contributed by atoms with E-state index in [1.165, 1.54) is 23.0 Å². The minimum absolute atomic E-state index is 0.147. The summed E-state index contributed by atoms with van der Waals surface area (Å²) < 4.78 is 39.2. The van der Waals surface area contributed by atoms with E-state index in [4.69, 9.17) is 11.1 Å². The van der Waals surface area contributed by atoms with Gasteiger partial charge in [-0.15, -0.1) is 0 Å². The van der Waals surface area contributed by atoms with E-state index in [1.54, 1.807) is 12.3 Å². The second kappa shape index (κ2) is 6.35. The summed E-state index contributed by atoms with van der Waals surface area (Å²) in [6, 6.07) is 6.09. The quantitative estimate of drug-likeness (QED) is 0.417. The molecule has 0 aliphatic rings. The highest BCUT2D eigenvalue weighted by atomic mass is 19.4. The van der Waals surface area contributed by atoms with Crippen molar-refractivity contribution in [3.05, 3.63) is 54.0 Å². The molecular weight excluding hydrogens is 351 g/mol. The Morgan fingerprint density at radius 1 is 1.15 bits per heavy atom. The monoisotopic (exact) mass is 363 g/mol. The van der Waals surface area contributed by atoms with Crippen LogP contribution in [-0.2, 0) is 6.18 Å². The molecule has 1 aromatic carbocycles. The molecule has 11 heteroatoms. The lowest BCUT2D eigenvalue weighted by molar-refractivity contribution is -0.137. The number of nitrogens with one attached hydrogen (secondary N) is 2. The summed E-state index contributed by atoms with van der Waals surface area (Å²) in [7, 11) is 0. The number of hydrogen-bond donors (Lipinski definition) is 4. The van der Waals surface area contributed by atoms with Gasteiger partial charge in [-0.2, -0.15) is 23.3 Å². The maximum Gasteiger partial charge on any atom is 0.416 e. The number of aromatic nitrogens is 4. The predicted molar refractivity (Wildman–Crippen MR) is 86.6 cm³/mol. The van der Waals surface area contributed by atoms with Crippen LogP contribution in [0.4, 0.5) is 24.8 Å². The van der Waals surface area contributed by atoms with Gasteiger partial charge in [0.2, 0.25) is 5.88 Å². The number of aromatic hydroxyl groups is 1. The average Bonchev–Trinajstić information content (AvgIpc) is 3.02. The summed E-state index contributed by atoms with van der Waals surface area (Å²) in [4.78, 5) is 7.60. The molecule has 0 fully saturated rings. The van der Waals surface area contributed by atoms with Crippen molar-refractivity contribution in [2.75, 3.05) is 5.32 Å². The van der Waals surface area contributed by atoms with Crippen molar-refractivity contribution in [2.45, 2.75) is 6.18 Å². The molecule has 26 heavy (non-hydrogen) atoms. The first-order valence-electron chi connectivity index (χ1n) is 7.15. The van der Waals surface area contributed by atoms with E-state index in [1.807, 2.05) is 0 Å². The van der Waals surface area contributed by atoms with Gasteiger partial charge in [-0.25, -0.2) is 9.67 Å². The second-order valence-corrected chi connectivity index (χ2v) is 5.16. The molecular formula is C15H12F3N7O. The Morgan fingerprint density at radius 2 is 1.85 bits per heavy atom. The fraction of sp³-hybridized carbons (Fsp3) is 0.0667. The number of nitrogens with zero attached hydrogens (tertiary/aromatic N) is 4. The summed E-state index contributed by atoms with van der Waals surface area (Å²) in [6.07, 6.45) is -1.60. The summed E-state index contributed by atoms with van der Waals surface area (Å²) in [6.45, 7) is 0. The molecule has 0 bridgehead atoms. The topological polar surface area (TPSA) is 126 Å². The molecule has 2 aromatic heterocycles. The van der Waals surface area contributed by atoms with E-state index in [9.17, 15) is 18.3 Å². The average molecular weight is 363 g/mol. The van der Waals surface area contributed by atoms with Gasteiger partial charge >= 0.3 is 6.18 Å². The van der Waals surface area contributed by atoms with Crippen LogP contribution in [0.1, 0.15) is 11.3 Å². The lowest BCUT2D eigenvalue weighted by Crippen LogP contribution is -2.14. The van der Waals surface area contributed by atoms with Gasteiger partial charge in [0.1, 0.15) is 5.84 Å². The molecule has 0 atom stereocenters. The lowest BCUT2D eigenvalue weighted by atomic mass is 10.2. The van der Waals surface area contributed by atoms with Crippen molar-refractivity contribution in [3.63, 3.8) is 0 Å². The molecule has 5 N–H and O–H groups in total. The fourth-order valence-corrected chi connectivity index (χ4v) is 2.10. The Balaban J connectivity index is 1.78. The van der Waals surface area contributed by atoms with Crippen LogP contribution >= 0.6 is 0 Å². The van der Waals surface area contributed by atoms with Gasteiger partial charge in [0.25, 0.3) is 0 Å². The molecule has 134 valence electrons. The van der Waals surface area contributed by atoms with Gasteiger partial charge in [-0.1, -0.05) is 0 Å². The Morgan fingerprint density at radius 3 is 2.42 bits per heavy atom. The van der Waals surface area contributed by atoms with Gasteiger partial charge in [-0.05, 0) is 24.3 Å². The van der Waals surface area contributed by atoms with Crippen molar-refractivity contribution < 1.29 is 18.3 Å². The van der Waals surface area contributed by atoms with E-state index >= 15 is 0 Å². The zero-order valence-corrected chi connectivity index (χ0v) is 13.0. The summed E-state index contributed by atoms with van der Waals surface area (Å²) >= 11 is 0. The molecule has 0 aliphatic carbocycles. The predicted octanol–water partition coefficient (Wildman–Crippen LogP) is 2.41. The fourth-order valence-electron chi connectivity index (χ4n) is 2.10. The maximum atomic E-state index is 12.6. The number of rotatable bonds is 4. The molecule has 0 unspecified atom stereocenters. The first kappa shape index (κ1) is 17.2. The number of amidine groups is 1. The molecule has 0 radical (unpaired) electrons. The smallest absolute Gasteiger partial charge is 0.416 e. The molecule has 8 nitrogen and oxygen atoms in total. The van der Waals surface area contributed by atoms with Gasteiger partial charge < -0.3 is 16.2 Å². The number of hydrogen-bond acceptors (Lipinski definition) is 6. The summed E-state index contributed by atoms with van der Waals surface area (Å²) in [5.41, 5.74) is 4.78. The number of anilines is 2. The van der Waals surface area contributed by atoms with Gasteiger partial charge in [0.05, 0.1) is 17.4 Å². The Labute approximate surface area is 144 Å². The van der Waals surface area contributed by atoms with Gasteiger partial charge in [0, 0.05) is 12.3 Å². The highest BCUT2D eigenvalue weighted by Gasteiger charge is 2.30. The third-order valence-electron chi connectivity index (χ3n) is 3.31. The van der Waals surface area contributed by atoms with Crippen LogP contribution in [0.2, 0.25) is 0 Å². The maximum absolute atomic E-state index is 12.6. The minimum atomic E-state index is -4.40. The first-order valence-corrected chi connectivity index (χ1v) is 7.15. The Kier molecular flexibility index (Phi) is 4.20. The molecule has 0 amide bonds. The molecule has 0 saturated heterocycles. The van der Waals surface area contributed by atoms with Crippen LogP contribution in [0.3, 0.4) is 0 Å². The van der Waals surface area contributed by atoms with Crippen LogP contribution in [0, 0.1) is 5.41 Å². The summed E-state index contributed by atoms with van der Waals surface area (Å²) in [5, 5.41) is 23.8. The lowest BCUT2D eigenvalue weighted by Gasteiger charge is -2.07. The van der Waals surface area contributed by atoms with Crippen LogP contribution in [-0.4, -0.2) is 30.7 Å². The van der Waals surface area contributed by atoms with Crippen molar-refractivity contribution >= 4 is 17.5 Å². The van der Waals surface area contributed by atoms with Crippen LogP contribution < -0.4 is 11.1 Å². The second-order valence-electron chi connectivity index (χ2n) is 5.16. The van der Waals surface area contributed by atoms with E-state index < -0.39 is 23.5 Å². The largest absolute Gasteiger partial charge is 0.492 e. The van der Waals surface area contributed by atoms with Crippen LogP contribution in [0.5, 0.6) is 5.88 Å². The highest BCUT2D eigenvalue weighted by Crippen LogP contribution is 2.29. The number of alkyl halides is 3. The minimum Gasteiger partial charge on any atom is -0.492 e. The molecule has 0 aliphatic heterocycles. The Bertz CT molecular complexity index is 951. The summed E-state index contributed by atoms with van der Waals surface area (Å²) in [5.74, 6) is -0.447. The zero-order chi connectivity index (χ0) is 18.9. The number of nitrogens with two attached hydrogens (primary N) is 1. The van der Waals surface area contributed by atoms with Crippen molar-refractivity contribution in [2.24, 2.45) is 5.73 Å². The first-order chi connectivity index (χ1) is 12.2. The molecule has 2 heterocycles. The number of nitrogen functional groups attached to an aromatic ring is 1. The van der Waals surface area contributed by atoms with Crippen molar-refractivity contribution in [3.8, 4) is 11.6 Å². The van der Waals surface area contributed by atoms with E-state index in [-0.39, 0.29) is 11.5 Å². The normalized spacial score (nSPS) is 11.3.